The van der Waals surface area contributed by atoms with E-state index in [2.05, 4.69) is 31.9 Å². The van der Waals surface area contributed by atoms with Crippen LogP contribution < -0.4 is 20.9 Å². The summed E-state index contributed by atoms with van der Waals surface area (Å²) in [5.41, 5.74) is 2.01. The summed E-state index contributed by atoms with van der Waals surface area (Å²) in [6.45, 7) is 5.41. The van der Waals surface area contributed by atoms with Gasteiger partial charge in [-0.3, -0.25) is 23.7 Å². The highest BCUT2D eigenvalue weighted by molar-refractivity contribution is 7.52. The molecule has 0 amide bonds. The van der Waals surface area contributed by atoms with Crippen LogP contribution in [0, 0.1) is 11.8 Å². The van der Waals surface area contributed by atoms with E-state index in [1.54, 1.807) is 32.0 Å². The molecule has 1 saturated heterocycles. The molecule has 2 unspecified atom stereocenters. The van der Waals surface area contributed by atoms with E-state index in [1.807, 2.05) is 0 Å². The van der Waals surface area contributed by atoms with Crippen molar-refractivity contribution < 1.29 is 37.4 Å². The monoisotopic (exact) mass is 592 g/mol. The molecule has 1 aliphatic heterocycles. The molecule has 41 heavy (non-hydrogen) atoms. The van der Waals surface area contributed by atoms with Crippen LogP contribution in [0.3, 0.4) is 0 Å². The van der Waals surface area contributed by atoms with Gasteiger partial charge in [-0.2, -0.15) is 10.1 Å². The van der Waals surface area contributed by atoms with Gasteiger partial charge in [-0.15, -0.1) is 5.92 Å². The number of halogens is 1. The summed E-state index contributed by atoms with van der Waals surface area (Å²) in [4.78, 5) is 34.9. The lowest BCUT2D eigenvalue weighted by Crippen LogP contribution is -2.42. The van der Waals surface area contributed by atoms with Gasteiger partial charge in [0.2, 0.25) is 11.6 Å². The lowest BCUT2D eigenvalue weighted by atomic mass is 9.96. The molecule has 3 aromatic rings. The molecule has 5 N–H and O–H groups in total. The maximum absolute atomic E-state index is 16.3. The number of esters is 1. The number of nitrogens with one attached hydrogen (secondary N) is 2. The van der Waals surface area contributed by atoms with Crippen LogP contribution in [0.1, 0.15) is 33.9 Å². The number of nitrogen functional groups attached to an aromatic ring is 1. The number of benzene rings is 1. The highest BCUT2D eigenvalue weighted by Crippen LogP contribution is 2.48. The average Bonchev–Trinajstić information content (AvgIpc) is 3.42. The molecule has 0 spiro atoms. The van der Waals surface area contributed by atoms with Gasteiger partial charge in [-0.05, 0) is 39.8 Å². The minimum atomic E-state index is -4.36. The van der Waals surface area contributed by atoms with E-state index in [-0.39, 0.29) is 22.9 Å². The Morgan fingerprint density at radius 2 is 2.07 bits per heavy atom. The number of hydrogen-bond donors (Lipinski definition) is 4. The van der Waals surface area contributed by atoms with Crippen molar-refractivity contribution in [3.05, 3.63) is 47.0 Å². The Bertz CT molecular complexity index is 1570. The van der Waals surface area contributed by atoms with Crippen LogP contribution in [0.4, 0.5) is 10.3 Å². The summed E-state index contributed by atoms with van der Waals surface area (Å²) in [5, 5.41) is 13.5. The van der Waals surface area contributed by atoms with Crippen molar-refractivity contribution >= 4 is 30.8 Å². The van der Waals surface area contributed by atoms with E-state index in [9.17, 15) is 19.3 Å². The first kappa shape index (κ1) is 30.2. The van der Waals surface area contributed by atoms with Gasteiger partial charge in [-0.1, -0.05) is 24.1 Å². The molecule has 14 nitrogen and oxygen atoms in total. The Labute approximate surface area is 233 Å². The number of aromatic amines is 1. The van der Waals surface area contributed by atoms with Crippen LogP contribution in [-0.4, -0.2) is 67.2 Å². The normalized spacial score (nSPS) is 24.4. The number of alkyl halides is 1. The average molecular weight is 593 g/mol. The van der Waals surface area contributed by atoms with Gasteiger partial charge in [0, 0.05) is 0 Å². The first-order valence-corrected chi connectivity index (χ1v) is 14.1. The quantitative estimate of drug-likeness (QED) is 0.152. The Morgan fingerprint density at radius 3 is 2.73 bits per heavy atom. The Balaban J connectivity index is 1.62. The SMILES string of the molecule is CC#CC1(F)[C@@H](O)[C@@H](COP(=O)(N[C@@H](C)C(=O)OC(C)C)Oc2ccccc2)O[C@H]1n1cnc2c(=O)[nH]c(N)nc21. The zero-order valence-corrected chi connectivity index (χ0v) is 23.5. The van der Waals surface area contributed by atoms with E-state index in [0.717, 1.165) is 10.9 Å². The Morgan fingerprint density at radius 1 is 1.37 bits per heavy atom. The smallest absolute Gasteiger partial charge is 0.459 e. The number of aromatic nitrogens is 4. The van der Waals surface area contributed by atoms with Gasteiger partial charge in [0.1, 0.15) is 24.0 Å². The molecule has 1 aromatic carbocycles. The number of fused-ring (bicyclic) bond motifs is 1. The Kier molecular flexibility index (Phi) is 8.81. The number of carbonyl (C=O) groups excluding carboxylic acids is 1. The van der Waals surface area contributed by atoms with Crippen molar-refractivity contribution in [1.29, 1.82) is 0 Å². The number of nitrogens with two attached hydrogens (primary N) is 1. The predicted octanol–water partition coefficient (Wildman–Crippen LogP) is 1.83. The van der Waals surface area contributed by atoms with Gasteiger partial charge >= 0.3 is 13.7 Å². The largest absolute Gasteiger partial charge is 0.462 e. The topological polar surface area (TPSA) is 193 Å². The molecular formula is C25H30FN6O8P. The van der Waals surface area contributed by atoms with Crippen molar-refractivity contribution in [2.75, 3.05) is 12.3 Å². The number of H-pyrrole nitrogens is 1. The predicted molar refractivity (Wildman–Crippen MR) is 144 cm³/mol. The van der Waals surface area contributed by atoms with Crippen LogP contribution in [0.5, 0.6) is 5.75 Å². The molecule has 0 aliphatic carbocycles. The number of rotatable bonds is 10. The molecular weight excluding hydrogens is 562 g/mol. The molecule has 3 heterocycles. The highest BCUT2D eigenvalue weighted by Gasteiger charge is 2.58. The summed E-state index contributed by atoms with van der Waals surface area (Å²) >= 11 is 0. The van der Waals surface area contributed by atoms with Crippen LogP contribution in [0.25, 0.3) is 11.2 Å². The molecule has 1 aliphatic rings. The second kappa shape index (κ2) is 12.0. The summed E-state index contributed by atoms with van der Waals surface area (Å²) < 4.78 is 53.3. The summed E-state index contributed by atoms with van der Waals surface area (Å²) in [6.07, 6.45) is -4.36. The highest BCUT2D eigenvalue weighted by atomic mass is 31.2. The molecule has 2 aromatic heterocycles. The van der Waals surface area contributed by atoms with E-state index in [1.165, 1.54) is 26.0 Å². The number of aliphatic hydroxyl groups excluding tert-OH is 1. The number of aliphatic hydroxyl groups is 1. The maximum atomic E-state index is 16.3. The second-order valence-electron chi connectivity index (χ2n) is 9.42. The number of anilines is 1. The van der Waals surface area contributed by atoms with Gasteiger partial charge in [-0.25, -0.2) is 13.9 Å². The van der Waals surface area contributed by atoms with Gasteiger partial charge in [0.15, 0.2) is 17.4 Å². The third-order valence-electron chi connectivity index (χ3n) is 5.90. The number of hydrogen-bond acceptors (Lipinski definition) is 11. The molecule has 220 valence electrons. The van der Waals surface area contributed by atoms with Crippen molar-refractivity contribution in [1.82, 2.24) is 24.6 Å². The minimum absolute atomic E-state index is 0.109. The van der Waals surface area contributed by atoms with Crippen LogP contribution in [0.2, 0.25) is 0 Å². The molecule has 0 bridgehead atoms. The second-order valence-corrected chi connectivity index (χ2v) is 11.1. The number of para-hydroxylation sites is 1. The lowest BCUT2D eigenvalue weighted by molar-refractivity contribution is -0.149. The summed E-state index contributed by atoms with van der Waals surface area (Å²) in [6, 6.07) is 6.87. The van der Waals surface area contributed by atoms with E-state index in [0.29, 0.717) is 0 Å². The fraction of sp³-hybridized carbons (Fsp3) is 0.440. The summed E-state index contributed by atoms with van der Waals surface area (Å²) in [5.74, 6) is 3.93. The van der Waals surface area contributed by atoms with Crippen molar-refractivity contribution in [3.63, 3.8) is 0 Å². The Hall–Kier alpha value is -3.80. The molecule has 0 saturated carbocycles. The number of ether oxygens (including phenoxy) is 2. The molecule has 6 atom stereocenters. The van der Waals surface area contributed by atoms with Crippen LogP contribution in [0.15, 0.2) is 41.5 Å². The standard InChI is InChI=1S/C25H30FN6O8P/c1-5-11-25(26)19(33)17(39-23(25)32-13-28-18-20(32)29-24(27)30-21(18)34)12-37-41(36,40-16-9-7-6-8-10-16)31-15(4)22(35)38-14(2)3/h6-10,13-15,17,19,23,33H,12H2,1-4H3,(H,31,36)(H3,27,29,30,34)/t15-,17+,19-,23+,25?,41?/m0/s1. The van der Waals surface area contributed by atoms with Gasteiger partial charge in [0.25, 0.3) is 5.56 Å². The minimum Gasteiger partial charge on any atom is -0.462 e. The number of carbonyl (C=O) groups is 1. The third-order valence-corrected chi connectivity index (χ3v) is 7.54. The van der Waals surface area contributed by atoms with E-state index in [4.69, 9.17) is 24.3 Å². The fourth-order valence-corrected chi connectivity index (χ4v) is 5.60. The van der Waals surface area contributed by atoms with Crippen LogP contribution in [-0.2, 0) is 23.4 Å². The summed E-state index contributed by atoms with van der Waals surface area (Å²) in [7, 11) is -4.36. The van der Waals surface area contributed by atoms with E-state index >= 15 is 4.39 Å². The first-order chi connectivity index (χ1) is 19.4. The fourth-order valence-electron chi connectivity index (χ4n) is 4.10. The van der Waals surface area contributed by atoms with Gasteiger partial charge < -0.3 is 24.8 Å². The third kappa shape index (κ3) is 6.42. The van der Waals surface area contributed by atoms with Crippen molar-refractivity contribution in [2.24, 2.45) is 0 Å². The first-order valence-electron chi connectivity index (χ1n) is 12.5. The van der Waals surface area contributed by atoms with Crippen molar-refractivity contribution in [3.8, 4) is 17.6 Å². The molecule has 4 rings (SSSR count). The van der Waals surface area contributed by atoms with E-state index < -0.39 is 62.1 Å². The zero-order chi connectivity index (χ0) is 29.9. The number of imidazole rings is 1. The molecule has 16 heteroatoms. The zero-order valence-electron chi connectivity index (χ0n) is 22.6. The van der Waals surface area contributed by atoms with Crippen LogP contribution >= 0.6 is 7.75 Å². The van der Waals surface area contributed by atoms with Crippen molar-refractivity contribution in [2.45, 2.75) is 63.9 Å². The lowest BCUT2D eigenvalue weighted by Gasteiger charge is -2.25. The molecule has 1 fully saturated rings. The maximum Gasteiger partial charge on any atom is 0.459 e. The number of nitrogens with zero attached hydrogens (tertiary/aromatic N) is 3. The van der Waals surface area contributed by atoms with Gasteiger partial charge in [0.05, 0.1) is 19.0 Å². The molecule has 0 radical (unpaired) electrons.